The number of hydrogen-bond acceptors (Lipinski definition) is 5. The van der Waals surface area contributed by atoms with Crippen molar-refractivity contribution in [1.29, 1.82) is 0 Å². The number of hydroxylamine groups is 2. The fourth-order valence-electron chi connectivity index (χ4n) is 2.93. The van der Waals surface area contributed by atoms with Crippen LogP contribution in [0.4, 0.5) is 0 Å². The van der Waals surface area contributed by atoms with E-state index in [-0.39, 0.29) is 11.3 Å². The van der Waals surface area contributed by atoms with Crippen LogP contribution in [0, 0.1) is 0 Å². The molecule has 0 aliphatic carbocycles. The Morgan fingerprint density at radius 1 is 1.07 bits per heavy atom. The Morgan fingerprint density at radius 2 is 1.72 bits per heavy atom. The molecular weight excluding hydrogens is 390 g/mol. The van der Waals surface area contributed by atoms with Crippen molar-refractivity contribution in [2.75, 3.05) is 7.05 Å². The molecule has 0 radical (unpaired) electrons. The molecule has 0 spiro atoms. The summed E-state index contributed by atoms with van der Waals surface area (Å²) < 4.78 is 23.1. The highest BCUT2D eigenvalue weighted by molar-refractivity contribution is 7.89. The molecular formula is C21H21N3O4S. The molecule has 8 heteroatoms. The predicted octanol–water partition coefficient (Wildman–Crippen LogP) is 2.84. The molecule has 0 saturated heterocycles. The fraction of sp³-hybridized carbons (Fsp3) is 0.143. The summed E-state index contributed by atoms with van der Waals surface area (Å²) >= 11 is 0. The van der Waals surface area contributed by atoms with Crippen LogP contribution in [-0.4, -0.2) is 36.6 Å². The summed E-state index contributed by atoms with van der Waals surface area (Å²) in [5.74, 6) is -0.392. The monoisotopic (exact) mass is 411 g/mol. The van der Waals surface area contributed by atoms with Gasteiger partial charge in [0.1, 0.15) is 0 Å². The summed E-state index contributed by atoms with van der Waals surface area (Å²) in [7, 11) is -2.49. The van der Waals surface area contributed by atoms with Crippen LogP contribution in [0.5, 0.6) is 0 Å². The molecule has 3 aromatic rings. The highest BCUT2D eigenvalue weighted by atomic mass is 32.2. The Kier molecular flexibility index (Phi) is 6.07. The van der Waals surface area contributed by atoms with Gasteiger partial charge in [-0.3, -0.25) is 15.0 Å². The van der Waals surface area contributed by atoms with E-state index in [1.54, 1.807) is 18.3 Å². The number of primary sulfonamides is 1. The van der Waals surface area contributed by atoms with Crippen molar-refractivity contribution in [3.63, 3.8) is 0 Å². The number of amides is 1. The van der Waals surface area contributed by atoms with Crippen LogP contribution in [-0.2, 0) is 21.2 Å². The summed E-state index contributed by atoms with van der Waals surface area (Å²) in [6.45, 7) is 0. The molecule has 150 valence electrons. The van der Waals surface area contributed by atoms with Crippen molar-refractivity contribution in [3.8, 4) is 22.4 Å². The van der Waals surface area contributed by atoms with E-state index in [0.29, 0.717) is 11.5 Å². The second-order valence-corrected chi connectivity index (χ2v) is 8.15. The fourth-order valence-corrected chi connectivity index (χ4v) is 3.44. The van der Waals surface area contributed by atoms with E-state index in [9.17, 15) is 18.4 Å². The van der Waals surface area contributed by atoms with Gasteiger partial charge in [-0.15, -0.1) is 0 Å². The van der Waals surface area contributed by atoms with Gasteiger partial charge in [-0.2, -0.15) is 0 Å². The average Bonchev–Trinajstić information content (AvgIpc) is 2.72. The molecule has 0 aliphatic rings. The van der Waals surface area contributed by atoms with Crippen LogP contribution in [0.15, 0.2) is 71.8 Å². The summed E-state index contributed by atoms with van der Waals surface area (Å²) in [5, 5.41) is 15.0. The largest absolute Gasteiger partial charge is 0.286 e. The minimum Gasteiger partial charge on any atom is -0.286 e. The number of nitrogens with zero attached hydrogens (tertiary/aromatic N) is 2. The molecule has 1 heterocycles. The van der Waals surface area contributed by atoms with E-state index in [0.717, 1.165) is 27.9 Å². The second-order valence-electron chi connectivity index (χ2n) is 6.59. The maximum atomic E-state index is 11.7. The number of benzene rings is 2. The third kappa shape index (κ3) is 5.05. The maximum absolute atomic E-state index is 11.7. The molecule has 3 rings (SSSR count). The smallest absolute Gasteiger partial charge is 0.245 e. The van der Waals surface area contributed by atoms with Gasteiger partial charge >= 0.3 is 0 Å². The molecule has 3 N–H and O–H groups in total. The highest BCUT2D eigenvalue weighted by Crippen LogP contribution is 2.32. The second kappa shape index (κ2) is 8.52. The average molecular weight is 411 g/mol. The molecule has 0 saturated carbocycles. The molecule has 0 aliphatic heterocycles. The lowest BCUT2D eigenvalue weighted by Crippen LogP contribution is -2.22. The number of pyridine rings is 1. The van der Waals surface area contributed by atoms with Crippen molar-refractivity contribution in [2.24, 2.45) is 5.14 Å². The third-order valence-electron chi connectivity index (χ3n) is 4.47. The van der Waals surface area contributed by atoms with E-state index in [1.165, 1.54) is 19.2 Å². The Balaban J connectivity index is 2.03. The van der Waals surface area contributed by atoms with Crippen molar-refractivity contribution in [3.05, 3.63) is 72.4 Å². The first-order valence-corrected chi connectivity index (χ1v) is 10.4. The molecule has 2 aromatic carbocycles. The number of hydrogen-bond donors (Lipinski definition) is 2. The number of aromatic nitrogens is 1. The van der Waals surface area contributed by atoms with E-state index < -0.39 is 15.9 Å². The van der Waals surface area contributed by atoms with E-state index in [4.69, 9.17) is 5.14 Å². The predicted molar refractivity (Wildman–Crippen MR) is 109 cm³/mol. The van der Waals surface area contributed by atoms with Gasteiger partial charge in [0.25, 0.3) is 0 Å². The number of aryl methyl sites for hydroxylation is 1. The van der Waals surface area contributed by atoms with Crippen molar-refractivity contribution < 1.29 is 18.4 Å². The standard InChI is InChI=1S/C21H21N3O4S/c1-24(26)20(25)12-7-15-13-19(16-8-10-18(11-9-16)29(22,27)28)21(23-14-15)17-5-3-2-4-6-17/h2-6,8-11,13-14,26H,7,12H2,1H3,(H2,22,27,28). The van der Waals surface area contributed by atoms with Crippen molar-refractivity contribution >= 4 is 15.9 Å². The Labute approximate surface area is 169 Å². The summed E-state index contributed by atoms with van der Waals surface area (Å²) in [5.41, 5.74) is 4.06. The number of carbonyl (C=O) groups excluding carboxylic acids is 1. The van der Waals surface area contributed by atoms with Crippen LogP contribution >= 0.6 is 0 Å². The number of rotatable bonds is 6. The van der Waals surface area contributed by atoms with Gasteiger partial charge < -0.3 is 0 Å². The van der Waals surface area contributed by atoms with Gasteiger partial charge in [0.05, 0.1) is 10.6 Å². The van der Waals surface area contributed by atoms with Crippen LogP contribution < -0.4 is 5.14 Å². The van der Waals surface area contributed by atoms with Crippen LogP contribution in [0.3, 0.4) is 0 Å². The maximum Gasteiger partial charge on any atom is 0.245 e. The Morgan fingerprint density at radius 3 is 2.31 bits per heavy atom. The number of nitrogens with two attached hydrogens (primary N) is 1. The first kappa shape index (κ1) is 20.7. The van der Waals surface area contributed by atoms with Gasteiger partial charge in [-0.25, -0.2) is 18.6 Å². The molecule has 0 bridgehead atoms. The first-order chi connectivity index (χ1) is 13.8. The lowest BCUT2D eigenvalue weighted by atomic mass is 9.97. The number of sulfonamides is 1. The van der Waals surface area contributed by atoms with Gasteiger partial charge in [0.2, 0.25) is 15.9 Å². The van der Waals surface area contributed by atoms with E-state index in [2.05, 4.69) is 4.98 Å². The van der Waals surface area contributed by atoms with Crippen LogP contribution in [0.1, 0.15) is 12.0 Å². The summed E-state index contributed by atoms with van der Waals surface area (Å²) in [6.07, 6.45) is 2.26. The zero-order valence-corrected chi connectivity index (χ0v) is 16.6. The molecule has 1 amide bonds. The van der Waals surface area contributed by atoms with Crippen LogP contribution in [0.25, 0.3) is 22.4 Å². The molecule has 0 fully saturated rings. The summed E-state index contributed by atoms with van der Waals surface area (Å²) in [6, 6.07) is 17.8. The van der Waals surface area contributed by atoms with Gasteiger partial charge in [0, 0.05) is 30.8 Å². The SMILES string of the molecule is CN(O)C(=O)CCc1cnc(-c2ccccc2)c(-c2ccc(S(N)(=O)=O)cc2)c1. The number of carbonyl (C=O) groups is 1. The normalized spacial score (nSPS) is 11.3. The quantitative estimate of drug-likeness (QED) is 0.478. The van der Waals surface area contributed by atoms with Crippen molar-refractivity contribution in [2.45, 2.75) is 17.7 Å². The van der Waals surface area contributed by atoms with E-state index in [1.807, 2.05) is 36.4 Å². The lowest BCUT2D eigenvalue weighted by Gasteiger charge is -2.13. The zero-order valence-electron chi connectivity index (χ0n) is 15.8. The highest BCUT2D eigenvalue weighted by Gasteiger charge is 2.14. The molecule has 0 atom stereocenters. The van der Waals surface area contributed by atoms with E-state index >= 15 is 0 Å². The summed E-state index contributed by atoms with van der Waals surface area (Å²) in [4.78, 5) is 16.3. The molecule has 29 heavy (non-hydrogen) atoms. The van der Waals surface area contributed by atoms with Crippen molar-refractivity contribution in [1.82, 2.24) is 10.0 Å². The molecule has 0 unspecified atom stereocenters. The Bertz CT molecular complexity index is 1110. The van der Waals surface area contributed by atoms with Gasteiger partial charge in [-0.05, 0) is 35.7 Å². The lowest BCUT2D eigenvalue weighted by molar-refractivity contribution is -0.159. The first-order valence-electron chi connectivity index (χ1n) is 8.89. The van der Waals surface area contributed by atoms with Gasteiger partial charge in [-0.1, -0.05) is 42.5 Å². The topological polar surface area (TPSA) is 114 Å². The minimum atomic E-state index is -3.78. The van der Waals surface area contributed by atoms with Gasteiger partial charge in [0.15, 0.2) is 0 Å². The minimum absolute atomic E-state index is 0.0307. The molecule has 1 aromatic heterocycles. The van der Waals surface area contributed by atoms with Crippen LogP contribution in [0.2, 0.25) is 0 Å². The zero-order chi connectivity index (χ0) is 21.0. The molecule has 7 nitrogen and oxygen atoms in total. The Hall–Kier alpha value is -3.07. The third-order valence-corrected chi connectivity index (χ3v) is 5.40.